The molecule has 0 spiro atoms. The highest BCUT2D eigenvalue weighted by molar-refractivity contribution is 5.87. The Morgan fingerprint density at radius 3 is 2.62 bits per heavy atom. The van der Waals surface area contributed by atoms with Crippen LogP contribution in [0.25, 0.3) is 10.8 Å². The van der Waals surface area contributed by atoms with Gasteiger partial charge in [-0.2, -0.15) is 0 Å². The van der Waals surface area contributed by atoms with E-state index in [0.29, 0.717) is 6.04 Å². The number of fused-ring (bicyclic) bond motifs is 2. The van der Waals surface area contributed by atoms with Crippen LogP contribution in [-0.4, -0.2) is 18.0 Å². The monoisotopic (exact) mass is 315 g/mol. The molecular formula is C23H25N. The van der Waals surface area contributed by atoms with E-state index in [1.165, 1.54) is 39.4 Å². The van der Waals surface area contributed by atoms with Crippen molar-refractivity contribution in [3.8, 4) is 0 Å². The van der Waals surface area contributed by atoms with Crippen LogP contribution in [0.4, 0.5) is 0 Å². The van der Waals surface area contributed by atoms with Gasteiger partial charge in [0, 0.05) is 6.54 Å². The second kappa shape index (κ2) is 6.41. The maximum atomic E-state index is 2.68. The van der Waals surface area contributed by atoms with Crippen LogP contribution in [0.3, 0.4) is 0 Å². The minimum Gasteiger partial charge on any atom is -0.292 e. The highest BCUT2D eigenvalue weighted by atomic mass is 15.2. The Hall–Kier alpha value is -2.12. The predicted molar refractivity (Wildman–Crippen MR) is 103 cm³/mol. The lowest BCUT2D eigenvalue weighted by atomic mass is 9.84. The quantitative estimate of drug-likeness (QED) is 0.616. The molecule has 0 fully saturated rings. The lowest BCUT2D eigenvalue weighted by molar-refractivity contribution is 0.214. The van der Waals surface area contributed by atoms with Crippen LogP contribution in [0.15, 0.2) is 60.7 Å². The molecule has 3 aromatic rings. The van der Waals surface area contributed by atoms with Crippen LogP contribution in [0.5, 0.6) is 0 Å². The Bertz CT molecular complexity index is 865. The van der Waals surface area contributed by atoms with E-state index in [-0.39, 0.29) is 0 Å². The molecule has 122 valence electrons. The van der Waals surface area contributed by atoms with E-state index in [4.69, 9.17) is 0 Å². The minimum absolute atomic E-state index is 0.376. The van der Waals surface area contributed by atoms with Gasteiger partial charge in [0.15, 0.2) is 0 Å². The summed E-state index contributed by atoms with van der Waals surface area (Å²) < 4.78 is 0. The van der Waals surface area contributed by atoms with E-state index in [1.807, 2.05) is 0 Å². The molecule has 0 aliphatic carbocycles. The van der Waals surface area contributed by atoms with Crippen molar-refractivity contribution in [1.82, 2.24) is 4.90 Å². The Kier molecular flexibility index (Phi) is 4.12. The summed E-state index contributed by atoms with van der Waals surface area (Å²) in [5.41, 5.74) is 5.91. The fraction of sp³-hybridized carbons (Fsp3) is 0.304. The summed E-state index contributed by atoms with van der Waals surface area (Å²) in [4.78, 5) is 2.68. The van der Waals surface area contributed by atoms with Gasteiger partial charge in [-0.05, 0) is 59.3 Å². The molecule has 1 atom stereocenters. The molecule has 24 heavy (non-hydrogen) atoms. The van der Waals surface area contributed by atoms with Crippen LogP contribution in [0.1, 0.15) is 41.6 Å². The third-order valence-corrected chi connectivity index (χ3v) is 5.36. The Morgan fingerprint density at radius 1 is 0.958 bits per heavy atom. The van der Waals surface area contributed by atoms with Gasteiger partial charge in [0.1, 0.15) is 0 Å². The van der Waals surface area contributed by atoms with Gasteiger partial charge in [-0.3, -0.25) is 4.90 Å². The van der Waals surface area contributed by atoms with Crippen LogP contribution < -0.4 is 0 Å². The maximum absolute atomic E-state index is 2.68. The lowest BCUT2D eigenvalue weighted by Gasteiger charge is -2.39. The molecule has 1 heterocycles. The summed E-state index contributed by atoms with van der Waals surface area (Å²) in [6.07, 6.45) is 2.36. The molecule has 4 rings (SSSR count). The van der Waals surface area contributed by atoms with Crippen LogP contribution in [0, 0.1) is 6.92 Å². The first kappa shape index (κ1) is 15.4. The summed E-state index contributed by atoms with van der Waals surface area (Å²) in [6, 6.07) is 22.8. The zero-order valence-corrected chi connectivity index (χ0v) is 14.6. The van der Waals surface area contributed by atoms with Crippen molar-refractivity contribution in [2.45, 2.75) is 32.7 Å². The first-order valence-electron chi connectivity index (χ1n) is 9.09. The lowest BCUT2D eigenvalue weighted by Crippen LogP contribution is -2.37. The molecule has 1 aliphatic rings. The SMILES string of the molecule is CCCN1CCc2ccccc2C1c1c(C)ccc2ccccc12. The maximum Gasteiger partial charge on any atom is 0.0613 e. The molecular weight excluding hydrogens is 290 g/mol. The zero-order valence-electron chi connectivity index (χ0n) is 14.6. The molecule has 0 radical (unpaired) electrons. The van der Waals surface area contributed by atoms with E-state index in [0.717, 1.165) is 19.5 Å². The zero-order chi connectivity index (χ0) is 16.5. The van der Waals surface area contributed by atoms with Gasteiger partial charge in [-0.1, -0.05) is 67.6 Å². The second-order valence-electron chi connectivity index (χ2n) is 6.90. The highest BCUT2D eigenvalue weighted by Gasteiger charge is 2.30. The number of hydrogen-bond donors (Lipinski definition) is 0. The standard InChI is InChI=1S/C23H25N/c1-3-15-24-16-14-19-9-5-7-11-21(19)23(24)22-17(2)12-13-18-8-4-6-10-20(18)22/h4-13,23H,3,14-16H2,1-2H3. The highest BCUT2D eigenvalue weighted by Crippen LogP contribution is 2.39. The molecule has 1 nitrogen and oxygen atoms in total. The number of rotatable bonds is 3. The van der Waals surface area contributed by atoms with Crippen LogP contribution in [0.2, 0.25) is 0 Å². The molecule has 0 saturated carbocycles. The first-order valence-corrected chi connectivity index (χ1v) is 9.09. The molecule has 0 aromatic heterocycles. The van der Waals surface area contributed by atoms with E-state index in [2.05, 4.69) is 79.4 Å². The molecule has 0 bridgehead atoms. The summed E-state index contributed by atoms with van der Waals surface area (Å²) in [7, 11) is 0. The largest absolute Gasteiger partial charge is 0.292 e. The molecule has 0 N–H and O–H groups in total. The topological polar surface area (TPSA) is 3.24 Å². The fourth-order valence-corrected chi connectivity index (χ4v) is 4.25. The smallest absolute Gasteiger partial charge is 0.0613 e. The van der Waals surface area contributed by atoms with Crippen molar-refractivity contribution < 1.29 is 0 Å². The molecule has 0 saturated heterocycles. The van der Waals surface area contributed by atoms with E-state index in [9.17, 15) is 0 Å². The van der Waals surface area contributed by atoms with Crippen molar-refractivity contribution in [2.24, 2.45) is 0 Å². The molecule has 0 amide bonds. The number of aryl methyl sites for hydroxylation is 1. The van der Waals surface area contributed by atoms with Crippen LogP contribution in [-0.2, 0) is 6.42 Å². The van der Waals surface area contributed by atoms with Gasteiger partial charge in [-0.15, -0.1) is 0 Å². The van der Waals surface area contributed by atoms with Gasteiger partial charge in [0.05, 0.1) is 6.04 Å². The number of benzene rings is 3. The Morgan fingerprint density at radius 2 is 1.75 bits per heavy atom. The fourth-order valence-electron chi connectivity index (χ4n) is 4.25. The van der Waals surface area contributed by atoms with Gasteiger partial charge < -0.3 is 0 Å². The third kappa shape index (κ3) is 2.53. The minimum atomic E-state index is 0.376. The van der Waals surface area contributed by atoms with Gasteiger partial charge in [-0.25, -0.2) is 0 Å². The van der Waals surface area contributed by atoms with E-state index >= 15 is 0 Å². The summed E-state index contributed by atoms with van der Waals surface area (Å²) in [6.45, 7) is 6.86. The summed E-state index contributed by atoms with van der Waals surface area (Å²) in [5, 5.41) is 2.75. The normalized spacial score (nSPS) is 17.8. The average Bonchev–Trinajstić information content (AvgIpc) is 2.62. The van der Waals surface area contributed by atoms with Gasteiger partial charge in [0.2, 0.25) is 0 Å². The van der Waals surface area contributed by atoms with Gasteiger partial charge >= 0.3 is 0 Å². The van der Waals surface area contributed by atoms with Crippen LogP contribution >= 0.6 is 0 Å². The van der Waals surface area contributed by atoms with Crippen molar-refractivity contribution in [3.63, 3.8) is 0 Å². The summed E-state index contributed by atoms with van der Waals surface area (Å²) in [5.74, 6) is 0. The summed E-state index contributed by atoms with van der Waals surface area (Å²) >= 11 is 0. The van der Waals surface area contributed by atoms with Crippen molar-refractivity contribution >= 4 is 10.8 Å². The predicted octanol–water partition coefficient (Wildman–Crippen LogP) is 5.51. The van der Waals surface area contributed by atoms with Crippen molar-refractivity contribution in [2.75, 3.05) is 13.1 Å². The Balaban J connectivity index is 1.97. The number of nitrogens with zero attached hydrogens (tertiary/aromatic N) is 1. The molecule has 1 aliphatic heterocycles. The third-order valence-electron chi connectivity index (χ3n) is 5.36. The van der Waals surface area contributed by atoms with Gasteiger partial charge in [0.25, 0.3) is 0 Å². The molecule has 3 aromatic carbocycles. The van der Waals surface area contributed by atoms with Crippen molar-refractivity contribution in [3.05, 3.63) is 82.9 Å². The second-order valence-corrected chi connectivity index (χ2v) is 6.90. The average molecular weight is 315 g/mol. The van der Waals surface area contributed by atoms with E-state index in [1.54, 1.807) is 0 Å². The van der Waals surface area contributed by atoms with Crippen molar-refractivity contribution in [1.29, 1.82) is 0 Å². The first-order chi connectivity index (χ1) is 11.8. The molecule has 1 heteroatoms. The Labute approximate surface area is 144 Å². The number of hydrogen-bond acceptors (Lipinski definition) is 1. The van der Waals surface area contributed by atoms with E-state index < -0.39 is 0 Å². The molecule has 1 unspecified atom stereocenters.